The smallest absolute Gasteiger partial charge is 0.162 e. The minimum absolute atomic E-state index is 0.256. The molecule has 1 aromatic heterocycles. The summed E-state index contributed by atoms with van der Waals surface area (Å²) in [5.41, 5.74) is 7.74. The van der Waals surface area contributed by atoms with Crippen LogP contribution >= 0.6 is 0 Å². The Morgan fingerprint density at radius 2 is 1.86 bits per heavy atom. The summed E-state index contributed by atoms with van der Waals surface area (Å²) in [6.07, 6.45) is 1.75. The Morgan fingerprint density at radius 3 is 2.67 bits per heavy atom. The van der Waals surface area contributed by atoms with Gasteiger partial charge in [-0.15, -0.1) is 0 Å². The number of benzene rings is 1. The number of nitrogens with zero attached hydrogens (tertiary/aromatic N) is 1. The number of halogens is 2. The van der Waals surface area contributed by atoms with Crippen LogP contribution in [0.3, 0.4) is 0 Å². The number of aliphatic hydroxyl groups excluding tert-OH is 1. The van der Waals surface area contributed by atoms with Gasteiger partial charge in [0.1, 0.15) is 0 Å². The summed E-state index contributed by atoms with van der Waals surface area (Å²) in [5.74, 6) is -2.13. The highest BCUT2D eigenvalue weighted by atomic mass is 19.2. The summed E-state index contributed by atoms with van der Waals surface area (Å²) >= 11 is 0. The quantitative estimate of drug-likeness (QED) is 0.794. The Balaban J connectivity index is 2.07. The van der Waals surface area contributed by atoms with Gasteiger partial charge in [0.2, 0.25) is 0 Å². The molecule has 1 aliphatic rings. The third kappa shape index (κ3) is 2.43. The summed E-state index contributed by atoms with van der Waals surface area (Å²) in [4.78, 5) is 4.18. The first-order chi connectivity index (χ1) is 10.1. The Hall–Kier alpha value is -1.85. The summed E-state index contributed by atoms with van der Waals surface area (Å²) in [5, 5.41) is 10.2. The van der Waals surface area contributed by atoms with E-state index in [1.165, 1.54) is 6.07 Å². The van der Waals surface area contributed by atoms with Gasteiger partial charge in [-0.1, -0.05) is 18.2 Å². The number of rotatable bonds is 1. The monoisotopic (exact) mass is 290 g/mol. The van der Waals surface area contributed by atoms with E-state index in [9.17, 15) is 13.9 Å². The Bertz CT molecular complexity index is 662. The van der Waals surface area contributed by atoms with Gasteiger partial charge >= 0.3 is 0 Å². The van der Waals surface area contributed by atoms with Gasteiger partial charge in [0.05, 0.1) is 11.8 Å². The van der Waals surface area contributed by atoms with Gasteiger partial charge in [-0.05, 0) is 36.1 Å². The molecule has 3 atom stereocenters. The molecule has 3 rings (SSSR count). The van der Waals surface area contributed by atoms with E-state index < -0.39 is 23.8 Å². The molecule has 0 fully saturated rings. The highest BCUT2D eigenvalue weighted by Gasteiger charge is 2.32. The largest absolute Gasteiger partial charge is 0.387 e. The van der Waals surface area contributed by atoms with Crippen molar-refractivity contribution in [2.45, 2.75) is 30.9 Å². The molecule has 2 aromatic rings. The third-order valence-corrected chi connectivity index (χ3v) is 4.11. The molecule has 3 N–H and O–H groups in total. The number of hydrogen-bond donors (Lipinski definition) is 2. The molecular formula is C16H16F2N2O. The summed E-state index contributed by atoms with van der Waals surface area (Å²) in [6.45, 7) is 0. The molecule has 21 heavy (non-hydrogen) atoms. The van der Waals surface area contributed by atoms with Gasteiger partial charge in [-0.2, -0.15) is 0 Å². The minimum Gasteiger partial charge on any atom is -0.387 e. The number of aromatic nitrogens is 1. The Morgan fingerprint density at radius 1 is 1.10 bits per heavy atom. The molecule has 0 saturated heterocycles. The van der Waals surface area contributed by atoms with Crippen LogP contribution in [-0.2, 0) is 0 Å². The van der Waals surface area contributed by atoms with Crippen LogP contribution in [0, 0.1) is 11.6 Å². The van der Waals surface area contributed by atoms with Crippen molar-refractivity contribution in [3.05, 3.63) is 65.0 Å². The molecule has 0 saturated carbocycles. The van der Waals surface area contributed by atoms with E-state index in [1.54, 1.807) is 24.4 Å². The second-order valence-corrected chi connectivity index (χ2v) is 5.35. The molecule has 5 heteroatoms. The average molecular weight is 290 g/mol. The maximum absolute atomic E-state index is 14.1. The molecule has 0 spiro atoms. The van der Waals surface area contributed by atoms with Crippen LogP contribution in [0.25, 0.3) is 0 Å². The molecule has 1 aromatic carbocycles. The van der Waals surface area contributed by atoms with Gasteiger partial charge in [0.15, 0.2) is 11.6 Å². The van der Waals surface area contributed by atoms with Gasteiger partial charge < -0.3 is 10.8 Å². The zero-order chi connectivity index (χ0) is 15.0. The summed E-state index contributed by atoms with van der Waals surface area (Å²) in [6, 6.07) is 7.11. The molecule has 1 aliphatic carbocycles. The normalized spacial score (nSPS) is 25.2. The topological polar surface area (TPSA) is 59.1 Å². The van der Waals surface area contributed by atoms with Crippen molar-refractivity contribution in [2.75, 3.05) is 0 Å². The van der Waals surface area contributed by atoms with Crippen molar-refractivity contribution in [1.29, 1.82) is 0 Å². The van der Waals surface area contributed by atoms with Gasteiger partial charge in [0.25, 0.3) is 0 Å². The maximum Gasteiger partial charge on any atom is 0.162 e. The van der Waals surface area contributed by atoms with Crippen LogP contribution < -0.4 is 5.73 Å². The minimum atomic E-state index is -0.879. The van der Waals surface area contributed by atoms with Gasteiger partial charge in [0, 0.05) is 18.2 Å². The lowest BCUT2D eigenvalue weighted by molar-refractivity contribution is 0.160. The molecule has 2 unspecified atom stereocenters. The van der Waals surface area contributed by atoms with Crippen LogP contribution in [0.15, 0.2) is 36.5 Å². The SMILES string of the molecule is N[C@@H]1c2cccnc2C(O)CCC1c1cccc(F)c1F. The highest BCUT2D eigenvalue weighted by Crippen LogP contribution is 2.41. The number of fused-ring (bicyclic) bond motifs is 1. The molecule has 0 aliphatic heterocycles. The standard InChI is InChI=1S/C16H16F2N2O/c17-12-5-1-3-9(14(12)18)10-6-7-13(21)16-11(15(10)19)4-2-8-20-16/h1-5,8,10,13,15,21H,6-7,19H2/t10?,13?,15-/m0/s1. The zero-order valence-corrected chi connectivity index (χ0v) is 11.3. The van der Waals surface area contributed by atoms with Crippen molar-refractivity contribution in [1.82, 2.24) is 4.98 Å². The molecule has 3 nitrogen and oxygen atoms in total. The van der Waals surface area contributed by atoms with Crippen LogP contribution in [0.2, 0.25) is 0 Å². The second kappa shape index (κ2) is 5.50. The highest BCUT2D eigenvalue weighted by molar-refractivity contribution is 5.33. The molecular weight excluding hydrogens is 274 g/mol. The van der Waals surface area contributed by atoms with E-state index in [0.717, 1.165) is 6.07 Å². The average Bonchev–Trinajstić information content (AvgIpc) is 2.62. The Kier molecular flexibility index (Phi) is 3.69. The first kappa shape index (κ1) is 14.1. The lowest BCUT2D eigenvalue weighted by Crippen LogP contribution is -2.21. The van der Waals surface area contributed by atoms with Crippen molar-refractivity contribution in [3.63, 3.8) is 0 Å². The number of hydrogen-bond acceptors (Lipinski definition) is 3. The van der Waals surface area contributed by atoms with Crippen LogP contribution in [0.5, 0.6) is 0 Å². The molecule has 1 heterocycles. The first-order valence-corrected chi connectivity index (χ1v) is 6.92. The fourth-order valence-corrected chi connectivity index (χ4v) is 3.02. The molecule has 0 amide bonds. The lowest BCUT2D eigenvalue weighted by atomic mass is 9.86. The van der Waals surface area contributed by atoms with E-state index in [4.69, 9.17) is 5.73 Å². The van der Waals surface area contributed by atoms with Gasteiger partial charge in [-0.25, -0.2) is 8.78 Å². The molecule has 110 valence electrons. The second-order valence-electron chi connectivity index (χ2n) is 5.35. The van der Waals surface area contributed by atoms with Crippen molar-refractivity contribution in [3.8, 4) is 0 Å². The number of aliphatic hydroxyl groups is 1. The number of pyridine rings is 1. The Labute approximate surface area is 121 Å². The molecule has 0 radical (unpaired) electrons. The summed E-state index contributed by atoms with van der Waals surface area (Å²) in [7, 11) is 0. The van der Waals surface area contributed by atoms with E-state index in [-0.39, 0.29) is 11.5 Å². The van der Waals surface area contributed by atoms with Crippen LogP contribution in [0.4, 0.5) is 8.78 Å². The predicted molar refractivity (Wildman–Crippen MR) is 74.5 cm³/mol. The summed E-state index contributed by atoms with van der Waals surface area (Å²) < 4.78 is 27.5. The van der Waals surface area contributed by atoms with Crippen molar-refractivity contribution in [2.24, 2.45) is 5.73 Å². The zero-order valence-electron chi connectivity index (χ0n) is 11.3. The molecule has 0 bridgehead atoms. The third-order valence-electron chi connectivity index (χ3n) is 4.11. The maximum atomic E-state index is 14.1. The fourth-order valence-electron chi connectivity index (χ4n) is 3.02. The van der Waals surface area contributed by atoms with Crippen LogP contribution in [0.1, 0.15) is 47.7 Å². The van der Waals surface area contributed by atoms with E-state index in [0.29, 0.717) is 24.1 Å². The van der Waals surface area contributed by atoms with E-state index in [2.05, 4.69) is 4.98 Å². The lowest BCUT2D eigenvalue weighted by Gasteiger charge is -2.23. The first-order valence-electron chi connectivity index (χ1n) is 6.92. The van der Waals surface area contributed by atoms with Crippen molar-refractivity contribution < 1.29 is 13.9 Å². The fraction of sp³-hybridized carbons (Fsp3) is 0.312. The van der Waals surface area contributed by atoms with E-state index in [1.807, 2.05) is 0 Å². The number of nitrogens with two attached hydrogens (primary N) is 1. The van der Waals surface area contributed by atoms with Crippen LogP contribution in [-0.4, -0.2) is 10.1 Å². The van der Waals surface area contributed by atoms with E-state index >= 15 is 0 Å². The van der Waals surface area contributed by atoms with Gasteiger partial charge in [-0.3, -0.25) is 4.98 Å². The predicted octanol–water partition coefficient (Wildman–Crippen LogP) is 2.97. The van der Waals surface area contributed by atoms with Crippen molar-refractivity contribution >= 4 is 0 Å².